The van der Waals surface area contributed by atoms with E-state index in [9.17, 15) is 0 Å². The fourth-order valence-corrected chi connectivity index (χ4v) is 9.64. The van der Waals surface area contributed by atoms with Crippen LogP contribution in [-0.2, 0) is 0 Å². The molecule has 0 bridgehead atoms. The predicted octanol–water partition coefficient (Wildman–Crippen LogP) is 15.0. The molecule has 0 unspecified atom stereocenters. The van der Waals surface area contributed by atoms with Gasteiger partial charge in [-0.05, 0) is 53.6 Å². The van der Waals surface area contributed by atoms with Gasteiger partial charge in [0.2, 0.25) is 0 Å². The molecule has 0 atom stereocenters. The normalized spacial score (nSPS) is 11.9. The minimum atomic E-state index is 0.647. The van der Waals surface area contributed by atoms with E-state index in [1.54, 1.807) is 0 Å². The smallest absolute Gasteiger partial charge is 0.160 e. The summed E-state index contributed by atoms with van der Waals surface area (Å²) in [5.41, 5.74) is 12.6. The van der Waals surface area contributed by atoms with Gasteiger partial charge < -0.3 is 8.83 Å². The molecule has 0 aliphatic rings. The number of hydrogen-bond donors (Lipinski definition) is 0. The second-order valence-corrected chi connectivity index (χ2v) is 15.5. The van der Waals surface area contributed by atoms with E-state index in [-0.39, 0.29) is 0 Å². The van der Waals surface area contributed by atoms with Gasteiger partial charge in [0.15, 0.2) is 5.82 Å². The van der Waals surface area contributed by atoms with Gasteiger partial charge in [-0.1, -0.05) is 140 Å². The molecule has 4 aromatic heterocycles. The molecule has 0 N–H and O–H groups in total. The molecule has 0 saturated carbocycles. The van der Waals surface area contributed by atoms with E-state index < -0.39 is 0 Å². The van der Waals surface area contributed by atoms with Crippen molar-refractivity contribution in [3.05, 3.63) is 182 Å². The molecule has 12 aromatic rings. The lowest BCUT2D eigenvalue weighted by atomic mass is 9.93. The van der Waals surface area contributed by atoms with Crippen molar-refractivity contribution in [2.45, 2.75) is 0 Å². The number of fused-ring (bicyclic) bond motifs is 9. The summed E-state index contributed by atoms with van der Waals surface area (Å²) >= 11 is 1.84. The van der Waals surface area contributed by atoms with E-state index in [0.29, 0.717) is 5.82 Å². The number of nitrogens with zero attached hydrogens (tertiary/aromatic N) is 2. The second-order valence-electron chi connectivity index (χ2n) is 14.5. The number of rotatable bonds is 5. The van der Waals surface area contributed by atoms with Crippen molar-refractivity contribution in [2.75, 3.05) is 0 Å². The Kier molecular flexibility index (Phi) is 7.06. The minimum Gasteiger partial charge on any atom is -0.456 e. The Morgan fingerprint density at radius 3 is 1.81 bits per heavy atom. The molecule has 12 rings (SSSR count). The first kappa shape index (κ1) is 32.0. The molecule has 0 fully saturated rings. The van der Waals surface area contributed by atoms with Crippen molar-refractivity contribution in [3.8, 4) is 56.2 Å². The number of thiophene rings is 1. The summed E-state index contributed by atoms with van der Waals surface area (Å²) in [7, 11) is 0. The number of benzene rings is 8. The first-order valence-electron chi connectivity index (χ1n) is 19.1. The number of para-hydroxylation sites is 2. The maximum Gasteiger partial charge on any atom is 0.160 e. The lowest BCUT2D eigenvalue weighted by molar-refractivity contribution is 0.669. The van der Waals surface area contributed by atoms with Gasteiger partial charge in [-0.25, -0.2) is 9.97 Å². The molecule has 266 valence electrons. The standard InChI is InChI=1S/C52H30N2O2S/c1-2-11-32(12-3-1)43-30-44(54-52(53-43)34-25-26-37-36-13-4-7-18-45(36)55-47(37)29-34)33-23-21-31(22-24-33)35-27-28-39(50-49(35)42-15-5-8-19-46(42)56-50)41-17-10-16-40-38-14-6-9-20-48(38)57-51(40)41/h1-30H. The molecular weight excluding hydrogens is 717 g/mol. The molecule has 0 aliphatic carbocycles. The average molecular weight is 747 g/mol. The lowest BCUT2D eigenvalue weighted by Gasteiger charge is -2.11. The molecular formula is C52H30N2O2S. The van der Waals surface area contributed by atoms with Crippen LogP contribution in [0.1, 0.15) is 0 Å². The highest BCUT2D eigenvalue weighted by Gasteiger charge is 2.20. The Balaban J connectivity index is 0.989. The molecule has 4 heterocycles. The molecule has 0 spiro atoms. The third kappa shape index (κ3) is 5.13. The highest BCUT2D eigenvalue weighted by Crippen LogP contribution is 2.46. The third-order valence-electron chi connectivity index (χ3n) is 11.1. The molecule has 4 nitrogen and oxygen atoms in total. The summed E-state index contributed by atoms with van der Waals surface area (Å²) in [6, 6.07) is 63.6. The van der Waals surface area contributed by atoms with Crippen molar-refractivity contribution >= 4 is 75.4 Å². The summed E-state index contributed by atoms with van der Waals surface area (Å²) < 4.78 is 15.6. The largest absolute Gasteiger partial charge is 0.456 e. The van der Waals surface area contributed by atoms with Gasteiger partial charge in [0.05, 0.1) is 11.4 Å². The van der Waals surface area contributed by atoms with Crippen molar-refractivity contribution in [2.24, 2.45) is 0 Å². The zero-order valence-electron chi connectivity index (χ0n) is 30.4. The van der Waals surface area contributed by atoms with Crippen LogP contribution in [-0.4, -0.2) is 9.97 Å². The van der Waals surface area contributed by atoms with E-state index in [1.807, 2.05) is 53.8 Å². The monoisotopic (exact) mass is 746 g/mol. The van der Waals surface area contributed by atoms with Crippen LogP contribution in [0.2, 0.25) is 0 Å². The maximum absolute atomic E-state index is 6.75. The summed E-state index contributed by atoms with van der Waals surface area (Å²) in [5, 5.41) is 6.96. The van der Waals surface area contributed by atoms with Crippen LogP contribution in [0, 0.1) is 0 Å². The van der Waals surface area contributed by atoms with E-state index >= 15 is 0 Å². The molecule has 0 saturated heterocycles. The van der Waals surface area contributed by atoms with Crippen LogP contribution >= 0.6 is 11.3 Å². The Morgan fingerprint density at radius 2 is 0.982 bits per heavy atom. The van der Waals surface area contributed by atoms with Crippen LogP contribution in [0.5, 0.6) is 0 Å². The van der Waals surface area contributed by atoms with Crippen LogP contribution in [0.3, 0.4) is 0 Å². The van der Waals surface area contributed by atoms with Crippen LogP contribution < -0.4 is 0 Å². The summed E-state index contributed by atoms with van der Waals surface area (Å²) in [6.45, 7) is 0. The molecule has 5 heteroatoms. The molecule has 0 amide bonds. The zero-order chi connectivity index (χ0) is 37.5. The van der Waals surface area contributed by atoms with E-state index in [0.717, 1.165) is 88.6 Å². The minimum absolute atomic E-state index is 0.647. The van der Waals surface area contributed by atoms with E-state index in [4.69, 9.17) is 18.8 Å². The number of furan rings is 2. The van der Waals surface area contributed by atoms with Gasteiger partial charge in [0.1, 0.15) is 22.3 Å². The van der Waals surface area contributed by atoms with Crippen molar-refractivity contribution in [3.63, 3.8) is 0 Å². The molecule has 0 radical (unpaired) electrons. The second kappa shape index (κ2) is 12.6. The number of aromatic nitrogens is 2. The van der Waals surface area contributed by atoms with Crippen LogP contribution in [0.25, 0.3) is 120 Å². The third-order valence-corrected chi connectivity index (χ3v) is 12.4. The van der Waals surface area contributed by atoms with Gasteiger partial charge in [-0.2, -0.15) is 0 Å². The lowest BCUT2D eigenvalue weighted by Crippen LogP contribution is -1.96. The summed E-state index contributed by atoms with van der Waals surface area (Å²) in [6.07, 6.45) is 0. The van der Waals surface area contributed by atoms with Crippen molar-refractivity contribution < 1.29 is 8.83 Å². The van der Waals surface area contributed by atoms with Gasteiger partial charge in [-0.3, -0.25) is 0 Å². The molecule has 57 heavy (non-hydrogen) atoms. The Morgan fingerprint density at radius 1 is 0.368 bits per heavy atom. The zero-order valence-corrected chi connectivity index (χ0v) is 31.3. The van der Waals surface area contributed by atoms with E-state index in [1.165, 1.54) is 25.7 Å². The predicted molar refractivity (Wildman–Crippen MR) is 237 cm³/mol. The molecule has 0 aliphatic heterocycles. The Bertz CT molecular complexity index is 3520. The fraction of sp³-hybridized carbons (Fsp3) is 0. The Labute approximate surface area is 330 Å². The van der Waals surface area contributed by atoms with Gasteiger partial charge in [0, 0.05) is 69.5 Å². The summed E-state index contributed by atoms with van der Waals surface area (Å²) in [5.74, 6) is 0.647. The van der Waals surface area contributed by atoms with Crippen molar-refractivity contribution in [1.29, 1.82) is 0 Å². The van der Waals surface area contributed by atoms with Crippen LogP contribution in [0.15, 0.2) is 191 Å². The SMILES string of the molecule is c1ccc(-c2cc(-c3ccc(-c4ccc(-c5cccc6c5sc5ccccc56)c5oc6ccccc6c45)cc3)nc(-c3ccc4c(c3)oc3ccccc34)n2)cc1. The number of hydrogen-bond acceptors (Lipinski definition) is 5. The van der Waals surface area contributed by atoms with Crippen LogP contribution in [0.4, 0.5) is 0 Å². The maximum atomic E-state index is 6.75. The highest BCUT2D eigenvalue weighted by molar-refractivity contribution is 7.26. The fourth-order valence-electron chi connectivity index (χ4n) is 8.41. The van der Waals surface area contributed by atoms with Gasteiger partial charge in [-0.15, -0.1) is 11.3 Å². The topological polar surface area (TPSA) is 52.1 Å². The average Bonchev–Trinajstić information content (AvgIpc) is 3.98. The van der Waals surface area contributed by atoms with E-state index in [2.05, 4.69) is 140 Å². The summed E-state index contributed by atoms with van der Waals surface area (Å²) in [4.78, 5) is 10.2. The first-order chi connectivity index (χ1) is 28.2. The van der Waals surface area contributed by atoms with Crippen molar-refractivity contribution in [1.82, 2.24) is 9.97 Å². The first-order valence-corrected chi connectivity index (χ1v) is 19.9. The quantitative estimate of drug-likeness (QED) is 0.176. The Hall–Kier alpha value is -7.34. The van der Waals surface area contributed by atoms with Gasteiger partial charge in [0.25, 0.3) is 0 Å². The molecule has 8 aromatic carbocycles. The highest BCUT2D eigenvalue weighted by atomic mass is 32.1. The van der Waals surface area contributed by atoms with Gasteiger partial charge >= 0.3 is 0 Å².